The van der Waals surface area contributed by atoms with Gasteiger partial charge in [-0.3, -0.25) is 0 Å². The van der Waals surface area contributed by atoms with Crippen LogP contribution in [0, 0.1) is 0 Å². The first-order chi connectivity index (χ1) is 7.45. The average Bonchev–Trinajstić information content (AvgIpc) is 2.74. The molecule has 4 nitrogen and oxygen atoms in total. The van der Waals surface area contributed by atoms with Crippen molar-refractivity contribution in [1.29, 1.82) is 0 Å². The summed E-state index contributed by atoms with van der Waals surface area (Å²) in [6.45, 7) is 2.41. The van der Waals surface area contributed by atoms with Gasteiger partial charge in [0.15, 0.2) is 0 Å². The molecule has 3 rings (SSSR count). The molecule has 0 spiro atoms. The highest BCUT2D eigenvalue weighted by molar-refractivity contribution is 5.73. The number of hydrogen-bond donors (Lipinski definition) is 1. The van der Waals surface area contributed by atoms with Gasteiger partial charge in [-0.05, 0) is 12.1 Å². The smallest absolute Gasteiger partial charge is 0.113 e. The van der Waals surface area contributed by atoms with Crippen LogP contribution in [0.15, 0.2) is 24.3 Å². The lowest BCUT2D eigenvalue weighted by atomic mass is 10.1. The Morgan fingerprint density at radius 2 is 2.00 bits per heavy atom. The molecule has 0 bridgehead atoms. The highest BCUT2D eigenvalue weighted by atomic mass is 15.4. The van der Waals surface area contributed by atoms with Crippen molar-refractivity contribution in [2.75, 3.05) is 13.1 Å². The number of nitrogens with zero attached hydrogens (tertiary/aromatic N) is 3. The summed E-state index contributed by atoms with van der Waals surface area (Å²) in [5.74, 6) is 0. The Morgan fingerprint density at radius 3 is 2.87 bits per heavy atom. The van der Waals surface area contributed by atoms with E-state index >= 15 is 0 Å². The summed E-state index contributed by atoms with van der Waals surface area (Å²) in [6.07, 6.45) is 2.40. The van der Waals surface area contributed by atoms with Crippen LogP contribution >= 0.6 is 0 Å². The zero-order chi connectivity index (χ0) is 10.1. The summed E-state index contributed by atoms with van der Waals surface area (Å²) in [6, 6.07) is 8.73. The van der Waals surface area contributed by atoms with E-state index in [-0.39, 0.29) is 0 Å². The maximum atomic E-state index is 4.27. The fraction of sp³-hybridized carbons (Fsp3) is 0.455. The Morgan fingerprint density at radius 1 is 1.20 bits per heavy atom. The van der Waals surface area contributed by atoms with Gasteiger partial charge in [-0.2, -0.15) is 0 Å². The monoisotopic (exact) mass is 203 g/mol. The predicted molar refractivity (Wildman–Crippen MR) is 57.5 cm³/mol. The Kier molecular flexibility index (Phi) is 2.14. The second-order valence-corrected chi connectivity index (χ2v) is 4.12. The zero-order valence-corrected chi connectivity index (χ0v) is 8.63. The number of piperidine rings is 1. The van der Waals surface area contributed by atoms with Gasteiger partial charge < -0.3 is 5.32 Å². The van der Waals surface area contributed by atoms with E-state index in [0.29, 0.717) is 6.04 Å². The summed E-state index contributed by atoms with van der Waals surface area (Å²) < 4.78 is 2.10. The molecule has 1 aromatic heterocycles. The lowest BCUT2D eigenvalue weighted by Gasteiger charge is -2.20. The number of hydrogen-bond acceptors (Lipinski definition) is 2. The number of fused-ring (bicyclic) bond motifs is 1. The number of quaternary nitrogens is 1. The fourth-order valence-corrected chi connectivity index (χ4v) is 2.31. The van der Waals surface area contributed by atoms with E-state index in [2.05, 4.69) is 32.4 Å². The Balaban J connectivity index is 2.02. The summed E-state index contributed by atoms with van der Waals surface area (Å²) in [7, 11) is 0. The average molecular weight is 203 g/mol. The fourth-order valence-electron chi connectivity index (χ4n) is 2.31. The van der Waals surface area contributed by atoms with E-state index in [1.807, 2.05) is 12.1 Å². The third-order valence-electron chi connectivity index (χ3n) is 3.13. The molecule has 0 amide bonds. The van der Waals surface area contributed by atoms with Gasteiger partial charge in [0.1, 0.15) is 5.52 Å². The van der Waals surface area contributed by atoms with Crippen LogP contribution in [0.4, 0.5) is 0 Å². The van der Waals surface area contributed by atoms with Crippen LogP contribution in [-0.2, 0) is 0 Å². The highest BCUT2D eigenvalue weighted by Crippen LogP contribution is 2.20. The molecular formula is C11H15N4+. The number of nitrogens with two attached hydrogens (primary N) is 1. The standard InChI is InChI=1S/C11H14N4/c1-2-4-11-10(3-1)13-14-15(11)9-5-7-12-8-6-9/h1-4,9,12H,5-8H2/p+1. The lowest BCUT2D eigenvalue weighted by molar-refractivity contribution is -0.664. The van der Waals surface area contributed by atoms with Crippen molar-refractivity contribution in [3.63, 3.8) is 0 Å². The Bertz CT molecular complexity index is 456. The second-order valence-electron chi connectivity index (χ2n) is 4.12. The SMILES string of the molecule is c1ccc2c(c1)nnn2C1CC[NH2+]CC1. The first-order valence-corrected chi connectivity index (χ1v) is 5.57. The number of rotatable bonds is 1. The highest BCUT2D eigenvalue weighted by Gasteiger charge is 2.19. The molecule has 1 saturated heterocycles. The lowest BCUT2D eigenvalue weighted by Crippen LogP contribution is -2.86. The molecule has 0 saturated carbocycles. The van der Waals surface area contributed by atoms with E-state index in [1.165, 1.54) is 31.4 Å². The van der Waals surface area contributed by atoms with E-state index in [1.54, 1.807) is 0 Å². The minimum atomic E-state index is 0.544. The maximum Gasteiger partial charge on any atom is 0.113 e. The predicted octanol–water partition coefficient (Wildman–Crippen LogP) is 0.330. The summed E-state index contributed by atoms with van der Waals surface area (Å²) >= 11 is 0. The topological polar surface area (TPSA) is 47.3 Å². The normalized spacial score (nSPS) is 18.4. The van der Waals surface area contributed by atoms with Gasteiger partial charge in [-0.15, -0.1) is 5.10 Å². The molecule has 0 atom stereocenters. The first-order valence-electron chi connectivity index (χ1n) is 5.57. The van der Waals surface area contributed by atoms with Gasteiger partial charge in [0.05, 0.1) is 24.6 Å². The first kappa shape index (κ1) is 8.85. The van der Waals surface area contributed by atoms with E-state index in [4.69, 9.17) is 0 Å². The van der Waals surface area contributed by atoms with Gasteiger partial charge in [0, 0.05) is 12.8 Å². The molecule has 1 fully saturated rings. The third kappa shape index (κ3) is 1.51. The van der Waals surface area contributed by atoms with Crippen LogP contribution in [0.25, 0.3) is 11.0 Å². The van der Waals surface area contributed by atoms with Crippen LogP contribution in [-0.4, -0.2) is 28.1 Å². The molecule has 0 unspecified atom stereocenters. The summed E-state index contributed by atoms with van der Waals surface area (Å²) in [5.41, 5.74) is 2.18. The number of aromatic nitrogens is 3. The maximum absolute atomic E-state index is 4.27. The van der Waals surface area contributed by atoms with Crippen LogP contribution in [0.2, 0.25) is 0 Å². The summed E-state index contributed by atoms with van der Waals surface area (Å²) in [4.78, 5) is 0. The van der Waals surface area contributed by atoms with Crippen molar-refractivity contribution in [2.45, 2.75) is 18.9 Å². The molecule has 2 heterocycles. The minimum Gasteiger partial charge on any atom is -0.346 e. The van der Waals surface area contributed by atoms with Gasteiger partial charge in [-0.25, -0.2) is 4.68 Å². The van der Waals surface area contributed by atoms with Crippen molar-refractivity contribution in [3.05, 3.63) is 24.3 Å². The van der Waals surface area contributed by atoms with Crippen LogP contribution < -0.4 is 5.32 Å². The quantitative estimate of drug-likeness (QED) is 0.726. The van der Waals surface area contributed by atoms with Gasteiger partial charge in [0.25, 0.3) is 0 Å². The molecule has 78 valence electrons. The molecule has 1 aliphatic rings. The Labute approximate surface area is 88.3 Å². The van der Waals surface area contributed by atoms with E-state index in [9.17, 15) is 0 Å². The molecule has 4 heteroatoms. The van der Waals surface area contributed by atoms with Gasteiger partial charge >= 0.3 is 0 Å². The molecule has 1 aliphatic heterocycles. The van der Waals surface area contributed by atoms with Crippen LogP contribution in [0.5, 0.6) is 0 Å². The van der Waals surface area contributed by atoms with E-state index in [0.717, 1.165) is 5.52 Å². The molecule has 0 aliphatic carbocycles. The van der Waals surface area contributed by atoms with Crippen molar-refractivity contribution < 1.29 is 5.32 Å². The van der Waals surface area contributed by atoms with Gasteiger partial charge in [0.2, 0.25) is 0 Å². The molecule has 2 N–H and O–H groups in total. The molecular weight excluding hydrogens is 188 g/mol. The van der Waals surface area contributed by atoms with E-state index < -0.39 is 0 Å². The molecule has 2 aromatic rings. The zero-order valence-electron chi connectivity index (χ0n) is 8.63. The molecule has 0 radical (unpaired) electrons. The van der Waals surface area contributed by atoms with Crippen molar-refractivity contribution in [1.82, 2.24) is 15.0 Å². The Hall–Kier alpha value is -1.42. The molecule has 1 aromatic carbocycles. The third-order valence-corrected chi connectivity index (χ3v) is 3.13. The van der Waals surface area contributed by atoms with Crippen molar-refractivity contribution in [3.8, 4) is 0 Å². The van der Waals surface area contributed by atoms with Gasteiger partial charge in [-0.1, -0.05) is 17.3 Å². The second kappa shape index (κ2) is 3.62. The summed E-state index contributed by atoms with van der Waals surface area (Å²) in [5, 5.41) is 10.8. The van der Waals surface area contributed by atoms with Crippen molar-refractivity contribution >= 4 is 11.0 Å². The number of para-hydroxylation sites is 1. The minimum absolute atomic E-state index is 0.544. The largest absolute Gasteiger partial charge is 0.346 e. The van der Waals surface area contributed by atoms with Crippen LogP contribution in [0.3, 0.4) is 0 Å². The van der Waals surface area contributed by atoms with Crippen molar-refractivity contribution in [2.24, 2.45) is 0 Å². The van der Waals surface area contributed by atoms with Crippen LogP contribution in [0.1, 0.15) is 18.9 Å². The number of benzene rings is 1. The molecule has 15 heavy (non-hydrogen) atoms.